The van der Waals surface area contributed by atoms with E-state index in [1.165, 1.54) is 38.5 Å². The van der Waals surface area contributed by atoms with E-state index in [0.717, 1.165) is 36.0 Å². The van der Waals surface area contributed by atoms with Crippen molar-refractivity contribution in [3.05, 3.63) is 47.5 Å². The van der Waals surface area contributed by atoms with E-state index in [9.17, 15) is 0 Å². The van der Waals surface area contributed by atoms with Crippen molar-refractivity contribution < 1.29 is 18.1 Å². The van der Waals surface area contributed by atoms with Gasteiger partial charge >= 0.3 is 0 Å². The minimum Gasteiger partial charge on any atom is -0.415 e. The van der Waals surface area contributed by atoms with Gasteiger partial charge in [0.2, 0.25) is 0 Å². The number of allylic oxidation sites excluding steroid dienone is 2. The molecule has 0 bridgehead atoms. The topological polar surface area (TPSA) is 49.3 Å². The Bertz CT molecular complexity index is 1250. The van der Waals surface area contributed by atoms with Crippen LogP contribution in [0.5, 0.6) is 0 Å². The number of nitrogens with zero attached hydrogens (tertiary/aromatic N) is 1. The van der Waals surface area contributed by atoms with Crippen molar-refractivity contribution in [1.29, 1.82) is 0 Å². The molecule has 0 aromatic heterocycles. The summed E-state index contributed by atoms with van der Waals surface area (Å²) in [6, 6.07) is 10.3. The van der Waals surface area contributed by atoms with Crippen LogP contribution >= 0.6 is 0 Å². The number of hydrogen-bond acceptors (Lipinski definition) is 5. The first-order valence-electron chi connectivity index (χ1n) is 17.8. The third kappa shape index (κ3) is 7.51. The molecule has 5 nitrogen and oxygen atoms in total. The number of benzene rings is 1. The van der Waals surface area contributed by atoms with Crippen molar-refractivity contribution >= 4 is 30.7 Å². The molecule has 4 aliphatic rings. The van der Waals surface area contributed by atoms with E-state index in [4.69, 9.17) is 18.1 Å². The van der Waals surface area contributed by atoms with Gasteiger partial charge in [0, 0.05) is 5.41 Å². The fraction of sp³-hybridized carbons (Fsp3) is 0.757. The van der Waals surface area contributed by atoms with Gasteiger partial charge in [-0.15, -0.1) is 0 Å². The Labute approximate surface area is 278 Å². The largest absolute Gasteiger partial charge is 0.415 e. The quantitative estimate of drug-likeness (QED) is 0.174. The van der Waals surface area contributed by atoms with E-state index in [0.29, 0.717) is 19.1 Å². The van der Waals surface area contributed by atoms with Crippen LogP contribution in [0.2, 0.25) is 58.9 Å². The Kier molecular flexibility index (Phi) is 10.0. The highest BCUT2D eigenvalue weighted by Crippen LogP contribution is 2.69. The maximum atomic E-state index is 7.56. The summed E-state index contributed by atoms with van der Waals surface area (Å²) in [5, 5.41) is 4.61. The van der Waals surface area contributed by atoms with E-state index < -0.39 is 25.0 Å². The summed E-state index contributed by atoms with van der Waals surface area (Å²) >= 11 is 0. The number of fused-ring (bicyclic) bond motifs is 5. The fourth-order valence-corrected chi connectivity index (χ4v) is 13.1. The van der Waals surface area contributed by atoms with Gasteiger partial charge in [0.05, 0.1) is 24.0 Å². The lowest BCUT2D eigenvalue weighted by molar-refractivity contribution is -0.167. The van der Waals surface area contributed by atoms with Crippen molar-refractivity contribution in [1.82, 2.24) is 0 Å². The van der Waals surface area contributed by atoms with E-state index in [1.54, 1.807) is 5.57 Å². The summed E-state index contributed by atoms with van der Waals surface area (Å²) in [5.74, 6) is 2.12. The predicted molar refractivity (Wildman–Crippen MR) is 195 cm³/mol. The molecule has 3 fully saturated rings. The third-order valence-corrected chi connectivity index (χ3v) is 14.6. The maximum absolute atomic E-state index is 7.56. The molecule has 0 N–H and O–H groups in total. The van der Waals surface area contributed by atoms with Crippen LogP contribution in [0, 0.1) is 28.6 Å². The molecule has 0 saturated heterocycles. The second-order valence-corrected chi connectivity index (χ2v) is 31.5. The molecule has 3 saturated carbocycles. The highest BCUT2D eigenvalue weighted by atomic mass is 28.4. The highest BCUT2D eigenvalue weighted by Gasteiger charge is 2.68. The Hall–Kier alpha value is -1.04. The van der Waals surface area contributed by atoms with Gasteiger partial charge < -0.3 is 18.1 Å². The lowest BCUT2D eigenvalue weighted by atomic mass is 9.46. The first-order chi connectivity index (χ1) is 20.9. The monoisotopic (exact) mass is 669 g/mol. The van der Waals surface area contributed by atoms with Crippen LogP contribution in [0.15, 0.2) is 47.1 Å². The second kappa shape index (κ2) is 12.8. The van der Waals surface area contributed by atoms with Crippen molar-refractivity contribution in [2.24, 2.45) is 33.7 Å². The molecule has 8 heteroatoms. The number of hydrogen-bond donors (Lipinski definition) is 0. The molecule has 0 radical (unpaired) electrons. The lowest BCUT2D eigenvalue weighted by Gasteiger charge is -2.62. The van der Waals surface area contributed by atoms with Gasteiger partial charge in [0.1, 0.15) is 6.61 Å². The average molecular weight is 670 g/mol. The fourth-order valence-electron chi connectivity index (χ4n) is 9.77. The van der Waals surface area contributed by atoms with Gasteiger partial charge in [-0.2, -0.15) is 0 Å². The molecule has 7 unspecified atom stereocenters. The van der Waals surface area contributed by atoms with Crippen LogP contribution in [-0.2, 0) is 24.7 Å². The summed E-state index contributed by atoms with van der Waals surface area (Å²) in [7, 11) is -5.49. The molecule has 0 spiro atoms. The van der Waals surface area contributed by atoms with Crippen LogP contribution in [0.25, 0.3) is 0 Å². The van der Waals surface area contributed by atoms with Crippen LogP contribution in [0.4, 0.5) is 0 Å². The molecule has 1 aromatic rings. The minimum atomic E-state index is -1.90. The normalized spacial score (nSPS) is 35.3. The standard InChI is InChI=1S/C37H63NO4Si3/c1-35-22-19-30(38-39-26-28-15-13-12-14-16-28)25-29(35)17-18-31-32(35)20-23-36(2)33(31)21-24-37(36,42-45(9,10)11)34(41-44(6,7)8)27-40-43(3,4)5/h12-16,25,31-34H,17-24,26-27H2,1-11H3/b38-30+. The first kappa shape index (κ1) is 35.3. The maximum Gasteiger partial charge on any atom is 0.184 e. The zero-order chi connectivity index (χ0) is 32.9. The number of rotatable bonds is 11. The summed E-state index contributed by atoms with van der Waals surface area (Å²) in [4.78, 5) is 5.82. The minimum absolute atomic E-state index is 0.00635. The van der Waals surface area contributed by atoms with Crippen molar-refractivity contribution in [2.45, 2.75) is 142 Å². The molecule has 4 aliphatic carbocycles. The Morgan fingerprint density at radius 1 is 0.800 bits per heavy atom. The zero-order valence-electron chi connectivity index (χ0n) is 30.4. The van der Waals surface area contributed by atoms with E-state index in [1.807, 2.05) is 6.07 Å². The van der Waals surface area contributed by atoms with E-state index in [-0.39, 0.29) is 22.5 Å². The second-order valence-electron chi connectivity index (χ2n) is 18.1. The number of oxime groups is 1. The summed E-state index contributed by atoms with van der Waals surface area (Å²) in [5.41, 5.74) is 3.96. The molecule has 252 valence electrons. The lowest BCUT2D eigenvalue weighted by Crippen LogP contribution is -2.65. The smallest absolute Gasteiger partial charge is 0.184 e. The first-order valence-corrected chi connectivity index (χ1v) is 28.0. The van der Waals surface area contributed by atoms with Gasteiger partial charge in [-0.3, -0.25) is 0 Å². The summed E-state index contributed by atoms with van der Waals surface area (Å²) < 4.78 is 21.5. The molecule has 5 rings (SSSR count). The van der Waals surface area contributed by atoms with Crippen molar-refractivity contribution in [3.8, 4) is 0 Å². The van der Waals surface area contributed by atoms with E-state index in [2.05, 4.69) is 108 Å². The van der Waals surface area contributed by atoms with Crippen LogP contribution in [0.1, 0.15) is 70.8 Å². The molecule has 45 heavy (non-hydrogen) atoms. The summed E-state index contributed by atoms with van der Waals surface area (Å²) in [6.07, 6.45) is 11.9. The van der Waals surface area contributed by atoms with Gasteiger partial charge in [-0.25, -0.2) is 0 Å². The van der Waals surface area contributed by atoms with Crippen molar-refractivity contribution in [3.63, 3.8) is 0 Å². The molecule has 0 amide bonds. The molecule has 1 aromatic carbocycles. The average Bonchev–Trinajstić information content (AvgIpc) is 3.22. The van der Waals surface area contributed by atoms with Gasteiger partial charge in [-0.1, -0.05) is 54.9 Å². The van der Waals surface area contributed by atoms with E-state index >= 15 is 0 Å². The van der Waals surface area contributed by atoms with Gasteiger partial charge in [0.15, 0.2) is 25.0 Å². The molecular weight excluding hydrogens is 607 g/mol. The Balaban J connectivity index is 1.41. The molecule has 0 heterocycles. The van der Waals surface area contributed by atoms with Crippen LogP contribution in [-0.4, -0.2) is 49.0 Å². The Morgan fingerprint density at radius 2 is 1.49 bits per heavy atom. The van der Waals surface area contributed by atoms with Crippen LogP contribution < -0.4 is 0 Å². The molecule has 7 atom stereocenters. The summed E-state index contributed by atoms with van der Waals surface area (Å²) in [6.45, 7) is 27.5. The van der Waals surface area contributed by atoms with Crippen molar-refractivity contribution in [2.75, 3.05) is 6.61 Å². The van der Waals surface area contributed by atoms with Crippen LogP contribution in [0.3, 0.4) is 0 Å². The zero-order valence-corrected chi connectivity index (χ0v) is 33.4. The SMILES string of the molecule is CC12CC/C(=N\OCc3ccccc3)C=C1CCC1C2CCC2(C)C1CCC2(O[Si](C)(C)C)C(CO[Si](C)(C)C)O[Si](C)(C)C. The Morgan fingerprint density at radius 3 is 2.13 bits per heavy atom. The predicted octanol–water partition coefficient (Wildman–Crippen LogP) is 10.2. The third-order valence-electron chi connectivity index (χ3n) is 11.6. The molecule has 0 aliphatic heterocycles. The highest BCUT2D eigenvalue weighted by molar-refractivity contribution is 6.70. The molecular formula is C37H63NO4Si3. The van der Waals surface area contributed by atoms with Gasteiger partial charge in [-0.05, 0) is 145 Å². The van der Waals surface area contributed by atoms with Gasteiger partial charge in [0.25, 0.3) is 0 Å².